The van der Waals surface area contributed by atoms with E-state index in [0.717, 1.165) is 65.0 Å². The maximum absolute atomic E-state index is 12.1. The highest BCUT2D eigenvalue weighted by Crippen LogP contribution is 2.32. The average molecular weight is 521 g/mol. The quantitative estimate of drug-likeness (QED) is 0.451. The van der Waals surface area contributed by atoms with Gasteiger partial charge in [0.2, 0.25) is 0 Å². The number of carboxylic acid groups (broad SMARTS) is 1. The lowest BCUT2D eigenvalue weighted by atomic mass is 9.83. The van der Waals surface area contributed by atoms with E-state index in [1.54, 1.807) is 0 Å². The van der Waals surface area contributed by atoms with Crippen molar-refractivity contribution in [3.63, 3.8) is 0 Å². The normalized spacial score (nSPS) is 22.4. The predicted octanol–water partition coefficient (Wildman–Crippen LogP) is 5.80. The van der Waals surface area contributed by atoms with E-state index in [-0.39, 0.29) is 6.04 Å². The Morgan fingerprint density at radius 1 is 0.974 bits per heavy atom. The van der Waals surface area contributed by atoms with Crippen molar-refractivity contribution < 1.29 is 9.90 Å². The van der Waals surface area contributed by atoms with E-state index < -0.39 is 5.97 Å². The van der Waals surface area contributed by atoms with Crippen molar-refractivity contribution in [3.05, 3.63) is 60.9 Å². The second-order valence-corrected chi connectivity index (χ2v) is 11.4. The number of carbonyl (C=O) groups is 1. The first-order valence-electron chi connectivity index (χ1n) is 15.0. The maximum Gasteiger partial charge on any atom is 0.321 e. The number of anilines is 1. The fourth-order valence-corrected chi connectivity index (χ4v) is 6.82. The van der Waals surface area contributed by atoms with Gasteiger partial charge in [0.1, 0.15) is 6.04 Å². The number of hydrogen-bond donors (Lipinski definition) is 1. The third kappa shape index (κ3) is 8.28. The maximum atomic E-state index is 12.1. The molecule has 3 fully saturated rings. The van der Waals surface area contributed by atoms with Crippen molar-refractivity contribution in [2.24, 2.45) is 11.8 Å². The minimum absolute atomic E-state index is 0.256. The van der Waals surface area contributed by atoms with Crippen molar-refractivity contribution in [1.29, 1.82) is 0 Å². The fourth-order valence-electron chi connectivity index (χ4n) is 6.82. The minimum Gasteiger partial charge on any atom is -0.480 e. The molecule has 1 aromatic heterocycles. The predicted molar refractivity (Wildman–Crippen MR) is 155 cm³/mol. The summed E-state index contributed by atoms with van der Waals surface area (Å²) in [5, 5.41) is 9.95. The third-order valence-electron chi connectivity index (χ3n) is 8.68. The van der Waals surface area contributed by atoms with Gasteiger partial charge in [0.25, 0.3) is 0 Å². The average Bonchev–Trinajstić information content (AvgIpc) is 3.42. The van der Waals surface area contributed by atoms with Crippen LogP contribution < -0.4 is 4.90 Å². The van der Waals surface area contributed by atoms with E-state index in [0.29, 0.717) is 17.9 Å². The number of aromatic nitrogens is 1. The molecule has 0 spiro atoms. The standard InChI is InChI=1S/C26H42N4O2.C6H6/c1-2-14-30(24-9-6-13-27-18-24)23-11-15-28(16-12-23)19-21-10-17-29(20-21)25(26(31)32)22-7-4-3-5-8-22;1-2-4-6-5-3-1/h6,9,13,18,21-23,25H,2-5,7-8,10-12,14-17,19-20H2,1H3,(H,31,32);1-6H. The summed E-state index contributed by atoms with van der Waals surface area (Å²) in [5.74, 6) is 0.375. The van der Waals surface area contributed by atoms with Gasteiger partial charge < -0.3 is 14.9 Å². The van der Waals surface area contributed by atoms with Gasteiger partial charge >= 0.3 is 5.97 Å². The molecular weight excluding hydrogens is 472 g/mol. The Labute approximate surface area is 230 Å². The topological polar surface area (TPSA) is 59.9 Å². The lowest BCUT2D eigenvalue weighted by Crippen LogP contribution is -2.47. The number of rotatable bonds is 9. The van der Waals surface area contributed by atoms with Gasteiger partial charge in [0, 0.05) is 45.0 Å². The largest absolute Gasteiger partial charge is 0.480 e. The van der Waals surface area contributed by atoms with Crippen LogP contribution in [-0.2, 0) is 4.79 Å². The molecule has 6 nitrogen and oxygen atoms in total. The summed E-state index contributed by atoms with van der Waals surface area (Å²) in [7, 11) is 0. The Kier molecular flexibility index (Phi) is 11.4. The molecule has 2 saturated heterocycles. The van der Waals surface area contributed by atoms with Crippen LogP contribution in [0, 0.1) is 11.8 Å². The molecule has 208 valence electrons. The molecule has 2 atom stereocenters. The van der Waals surface area contributed by atoms with E-state index >= 15 is 0 Å². The van der Waals surface area contributed by atoms with Crippen LogP contribution in [0.4, 0.5) is 5.69 Å². The summed E-state index contributed by atoms with van der Waals surface area (Å²) in [6, 6.07) is 16.6. The molecule has 2 aromatic rings. The summed E-state index contributed by atoms with van der Waals surface area (Å²) < 4.78 is 0. The number of carboxylic acids is 1. The lowest BCUT2D eigenvalue weighted by molar-refractivity contribution is -0.145. The summed E-state index contributed by atoms with van der Waals surface area (Å²) in [4.78, 5) is 23.9. The van der Waals surface area contributed by atoms with Crippen LogP contribution in [0.3, 0.4) is 0 Å². The van der Waals surface area contributed by atoms with Crippen LogP contribution in [0.25, 0.3) is 0 Å². The highest BCUT2D eigenvalue weighted by molar-refractivity contribution is 5.74. The molecule has 38 heavy (non-hydrogen) atoms. The first-order valence-corrected chi connectivity index (χ1v) is 15.0. The minimum atomic E-state index is -0.593. The Balaban J connectivity index is 0.000000494. The van der Waals surface area contributed by atoms with Crippen molar-refractivity contribution in [3.8, 4) is 0 Å². The molecule has 1 aromatic carbocycles. The van der Waals surface area contributed by atoms with Crippen molar-refractivity contribution >= 4 is 11.7 Å². The van der Waals surface area contributed by atoms with E-state index in [1.807, 2.05) is 54.9 Å². The molecule has 2 aliphatic heterocycles. The highest BCUT2D eigenvalue weighted by atomic mass is 16.4. The number of piperidine rings is 1. The number of hydrogen-bond acceptors (Lipinski definition) is 5. The van der Waals surface area contributed by atoms with Crippen LogP contribution in [-0.4, -0.2) is 77.2 Å². The Morgan fingerprint density at radius 2 is 1.66 bits per heavy atom. The summed E-state index contributed by atoms with van der Waals surface area (Å²) in [5.41, 5.74) is 1.25. The van der Waals surface area contributed by atoms with Gasteiger partial charge in [-0.25, -0.2) is 0 Å². The highest BCUT2D eigenvalue weighted by Gasteiger charge is 2.38. The zero-order chi connectivity index (χ0) is 26.6. The van der Waals surface area contributed by atoms with E-state index in [9.17, 15) is 9.90 Å². The Bertz CT molecular complexity index is 887. The molecule has 0 radical (unpaired) electrons. The fraction of sp³-hybridized carbons (Fsp3) is 0.625. The van der Waals surface area contributed by atoms with E-state index in [2.05, 4.69) is 32.7 Å². The second-order valence-electron chi connectivity index (χ2n) is 11.4. The van der Waals surface area contributed by atoms with Gasteiger partial charge in [-0.1, -0.05) is 62.6 Å². The molecule has 5 rings (SSSR count). The van der Waals surface area contributed by atoms with Crippen molar-refractivity contribution in [1.82, 2.24) is 14.8 Å². The monoisotopic (exact) mass is 520 g/mol. The Morgan fingerprint density at radius 3 is 2.24 bits per heavy atom. The molecule has 0 bridgehead atoms. The van der Waals surface area contributed by atoms with E-state index in [1.165, 1.54) is 37.8 Å². The van der Waals surface area contributed by atoms with Crippen molar-refractivity contribution in [2.45, 2.75) is 76.8 Å². The Hall–Kier alpha value is -2.44. The van der Waals surface area contributed by atoms with Crippen LogP contribution in [0.15, 0.2) is 60.9 Å². The lowest BCUT2D eigenvalue weighted by Gasteiger charge is -2.40. The molecule has 6 heteroatoms. The second kappa shape index (κ2) is 15.2. The summed E-state index contributed by atoms with van der Waals surface area (Å²) in [6.07, 6.45) is 14.4. The molecule has 3 aliphatic rings. The number of likely N-dealkylation sites (tertiary alicyclic amines) is 2. The van der Waals surface area contributed by atoms with Gasteiger partial charge in [-0.15, -0.1) is 0 Å². The summed E-state index contributed by atoms with van der Waals surface area (Å²) in [6.45, 7) is 8.68. The molecule has 1 saturated carbocycles. The molecular formula is C32H48N4O2. The van der Waals surface area contributed by atoms with Gasteiger partial charge in [0.05, 0.1) is 11.9 Å². The van der Waals surface area contributed by atoms with Gasteiger partial charge in [-0.05, 0) is 69.0 Å². The number of aliphatic carboxylic acids is 1. The zero-order valence-electron chi connectivity index (χ0n) is 23.3. The van der Waals surface area contributed by atoms with Crippen LogP contribution >= 0.6 is 0 Å². The van der Waals surface area contributed by atoms with Gasteiger partial charge in [-0.3, -0.25) is 14.7 Å². The number of pyridine rings is 1. The first-order chi connectivity index (χ1) is 18.7. The zero-order valence-corrected chi connectivity index (χ0v) is 23.3. The van der Waals surface area contributed by atoms with Gasteiger partial charge in [-0.2, -0.15) is 0 Å². The summed E-state index contributed by atoms with van der Waals surface area (Å²) >= 11 is 0. The third-order valence-corrected chi connectivity index (χ3v) is 8.68. The molecule has 0 amide bonds. The van der Waals surface area contributed by atoms with Crippen molar-refractivity contribution in [2.75, 3.05) is 44.2 Å². The van der Waals surface area contributed by atoms with E-state index in [4.69, 9.17) is 0 Å². The SMILES string of the molecule is CCCN(c1cccnc1)C1CCN(CC2CCN(C(C(=O)O)C3CCCCC3)C2)CC1.c1ccccc1. The van der Waals surface area contributed by atoms with Crippen LogP contribution in [0.2, 0.25) is 0 Å². The molecule has 2 unspecified atom stereocenters. The first kappa shape index (κ1) is 28.6. The molecule has 1 aliphatic carbocycles. The van der Waals surface area contributed by atoms with Gasteiger partial charge in [0.15, 0.2) is 0 Å². The smallest absolute Gasteiger partial charge is 0.321 e. The number of nitrogens with zero attached hydrogens (tertiary/aromatic N) is 4. The molecule has 1 N–H and O–H groups in total. The van der Waals surface area contributed by atoms with Crippen LogP contribution in [0.5, 0.6) is 0 Å². The molecule has 3 heterocycles. The number of benzene rings is 1. The van der Waals surface area contributed by atoms with Crippen LogP contribution in [0.1, 0.15) is 64.7 Å².